The van der Waals surface area contributed by atoms with Crippen molar-refractivity contribution in [1.29, 1.82) is 0 Å². The average molecular weight is 239 g/mol. The molecule has 0 saturated carbocycles. The maximum absolute atomic E-state index is 12.6. The lowest BCUT2D eigenvalue weighted by Gasteiger charge is -2.07. The van der Waals surface area contributed by atoms with Crippen LogP contribution in [0, 0.1) is 5.82 Å². The Morgan fingerprint density at radius 2 is 1.75 bits per heavy atom. The van der Waals surface area contributed by atoms with Gasteiger partial charge in [0.1, 0.15) is 23.1 Å². The van der Waals surface area contributed by atoms with Gasteiger partial charge in [-0.3, -0.25) is 0 Å². The molecular weight excluding hydrogens is 231 g/mol. The van der Waals surface area contributed by atoms with Gasteiger partial charge in [-0.1, -0.05) is 11.6 Å². The van der Waals surface area contributed by atoms with Gasteiger partial charge in [0.2, 0.25) is 0 Å². The Hall–Kier alpha value is -1.74. The zero-order chi connectivity index (χ0) is 11.5. The van der Waals surface area contributed by atoms with E-state index in [1.807, 2.05) is 0 Å². The minimum Gasteiger partial charge on any atom is -0.508 e. The summed E-state index contributed by atoms with van der Waals surface area (Å²) in [4.78, 5) is 0. The first-order valence-corrected chi connectivity index (χ1v) is 4.95. The SMILES string of the molecule is Oc1ccc(Oc2ccc(F)cc2)c(Cl)c1. The summed E-state index contributed by atoms with van der Waals surface area (Å²) in [7, 11) is 0. The quantitative estimate of drug-likeness (QED) is 0.858. The Balaban J connectivity index is 2.23. The molecule has 0 spiro atoms. The lowest BCUT2D eigenvalue weighted by atomic mass is 10.3. The molecule has 0 aromatic heterocycles. The molecule has 4 heteroatoms. The molecule has 0 amide bonds. The van der Waals surface area contributed by atoms with Crippen molar-refractivity contribution in [3.05, 3.63) is 53.3 Å². The van der Waals surface area contributed by atoms with E-state index in [0.29, 0.717) is 16.5 Å². The van der Waals surface area contributed by atoms with Crippen LogP contribution in [-0.4, -0.2) is 5.11 Å². The Bertz CT molecular complexity index is 497. The minimum atomic E-state index is -0.329. The van der Waals surface area contributed by atoms with Gasteiger partial charge in [-0.25, -0.2) is 4.39 Å². The third-order valence-corrected chi connectivity index (χ3v) is 2.25. The summed E-state index contributed by atoms with van der Waals surface area (Å²) in [6.45, 7) is 0. The fourth-order valence-electron chi connectivity index (χ4n) is 1.20. The van der Waals surface area contributed by atoms with E-state index in [1.165, 1.54) is 36.4 Å². The fraction of sp³-hybridized carbons (Fsp3) is 0. The van der Waals surface area contributed by atoms with Gasteiger partial charge >= 0.3 is 0 Å². The molecule has 82 valence electrons. The van der Waals surface area contributed by atoms with Crippen molar-refractivity contribution >= 4 is 11.6 Å². The molecule has 0 aliphatic rings. The summed E-state index contributed by atoms with van der Waals surface area (Å²) in [5.41, 5.74) is 0. The molecule has 1 N–H and O–H groups in total. The van der Waals surface area contributed by atoms with Crippen LogP contribution in [0.4, 0.5) is 4.39 Å². The van der Waals surface area contributed by atoms with E-state index in [0.717, 1.165) is 0 Å². The molecule has 0 bridgehead atoms. The summed E-state index contributed by atoms with van der Waals surface area (Å²) >= 11 is 5.85. The van der Waals surface area contributed by atoms with Gasteiger partial charge in [-0.15, -0.1) is 0 Å². The predicted molar refractivity (Wildman–Crippen MR) is 59.6 cm³/mol. The summed E-state index contributed by atoms with van der Waals surface area (Å²) in [5, 5.41) is 9.45. The van der Waals surface area contributed by atoms with Crippen molar-refractivity contribution in [1.82, 2.24) is 0 Å². The Morgan fingerprint density at radius 1 is 1.06 bits per heavy atom. The number of rotatable bonds is 2. The van der Waals surface area contributed by atoms with E-state index >= 15 is 0 Å². The van der Waals surface area contributed by atoms with Crippen molar-refractivity contribution in [2.45, 2.75) is 0 Å². The molecular formula is C12H8ClFO2. The van der Waals surface area contributed by atoms with Crippen molar-refractivity contribution in [2.75, 3.05) is 0 Å². The van der Waals surface area contributed by atoms with Crippen LogP contribution in [0.2, 0.25) is 5.02 Å². The standard InChI is InChI=1S/C12H8ClFO2/c13-11-7-9(15)3-6-12(11)16-10-4-1-8(14)2-5-10/h1-7,15H. The maximum Gasteiger partial charge on any atom is 0.146 e. The first-order valence-electron chi connectivity index (χ1n) is 4.57. The lowest BCUT2D eigenvalue weighted by Crippen LogP contribution is -1.85. The predicted octanol–water partition coefficient (Wildman–Crippen LogP) is 3.98. The molecule has 0 radical (unpaired) electrons. The zero-order valence-electron chi connectivity index (χ0n) is 8.15. The number of aromatic hydroxyl groups is 1. The second-order valence-corrected chi connectivity index (χ2v) is 3.58. The number of benzene rings is 2. The molecule has 0 heterocycles. The number of phenols is 1. The fourth-order valence-corrected chi connectivity index (χ4v) is 1.42. The van der Waals surface area contributed by atoms with Gasteiger partial charge in [0, 0.05) is 6.07 Å². The van der Waals surface area contributed by atoms with Crippen LogP contribution in [0.3, 0.4) is 0 Å². The molecule has 2 aromatic rings. The van der Waals surface area contributed by atoms with Crippen LogP contribution in [0.1, 0.15) is 0 Å². The van der Waals surface area contributed by atoms with Crippen LogP contribution in [0.25, 0.3) is 0 Å². The van der Waals surface area contributed by atoms with Gasteiger partial charge in [0.25, 0.3) is 0 Å². The monoisotopic (exact) mass is 238 g/mol. The van der Waals surface area contributed by atoms with Crippen molar-refractivity contribution < 1.29 is 14.2 Å². The van der Waals surface area contributed by atoms with E-state index in [2.05, 4.69) is 0 Å². The molecule has 2 nitrogen and oxygen atoms in total. The lowest BCUT2D eigenvalue weighted by molar-refractivity contribution is 0.464. The number of halogens is 2. The molecule has 0 aliphatic heterocycles. The second-order valence-electron chi connectivity index (χ2n) is 3.17. The second kappa shape index (κ2) is 4.41. The van der Waals surface area contributed by atoms with Crippen LogP contribution in [0.5, 0.6) is 17.2 Å². The highest BCUT2D eigenvalue weighted by molar-refractivity contribution is 6.32. The molecule has 0 unspecified atom stereocenters. The van der Waals surface area contributed by atoms with Gasteiger partial charge in [-0.05, 0) is 36.4 Å². The molecule has 0 aliphatic carbocycles. The summed E-state index contributed by atoms with van der Waals surface area (Å²) < 4.78 is 18.1. The topological polar surface area (TPSA) is 29.5 Å². The average Bonchev–Trinajstić information content (AvgIpc) is 2.25. The third-order valence-electron chi connectivity index (χ3n) is 1.96. The van der Waals surface area contributed by atoms with Gasteiger partial charge < -0.3 is 9.84 Å². The first-order chi connectivity index (χ1) is 7.65. The number of hydrogen-bond donors (Lipinski definition) is 1. The number of ether oxygens (including phenoxy) is 1. The number of phenolic OH excluding ortho intramolecular Hbond substituents is 1. The largest absolute Gasteiger partial charge is 0.508 e. The Morgan fingerprint density at radius 3 is 2.38 bits per heavy atom. The Kier molecular flexibility index (Phi) is 2.97. The number of hydrogen-bond acceptors (Lipinski definition) is 2. The highest BCUT2D eigenvalue weighted by Gasteiger charge is 2.04. The molecule has 2 rings (SSSR count). The normalized spacial score (nSPS) is 10.1. The van der Waals surface area contributed by atoms with Gasteiger partial charge in [0.05, 0.1) is 5.02 Å². The van der Waals surface area contributed by atoms with E-state index < -0.39 is 0 Å². The van der Waals surface area contributed by atoms with Crippen LogP contribution >= 0.6 is 11.6 Å². The third kappa shape index (κ3) is 2.44. The maximum atomic E-state index is 12.6. The first kappa shape index (κ1) is 10.8. The van der Waals surface area contributed by atoms with Crippen molar-refractivity contribution in [2.24, 2.45) is 0 Å². The molecule has 0 atom stereocenters. The molecule has 0 fully saturated rings. The van der Waals surface area contributed by atoms with E-state index in [4.69, 9.17) is 21.4 Å². The van der Waals surface area contributed by atoms with E-state index in [9.17, 15) is 4.39 Å². The molecule has 16 heavy (non-hydrogen) atoms. The Labute approximate surface area is 96.9 Å². The molecule has 0 saturated heterocycles. The smallest absolute Gasteiger partial charge is 0.146 e. The van der Waals surface area contributed by atoms with Crippen LogP contribution < -0.4 is 4.74 Å². The van der Waals surface area contributed by atoms with Gasteiger partial charge in [-0.2, -0.15) is 0 Å². The highest BCUT2D eigenvalue weighted by atomic mass is 35.5. The summed E-state index contributed by atoms with van der Waals surface area (Å²) in [6.07, 6.45) is 0. The van der Waals surface area contributed by atoms with Crippen LogP contribution in [0.15, 0.2) is 42.5 Å². The van der Waals surface area contributed by atoms with Gasteiger partial charge in [0.15, 0.2) is 0 Å². The summed E-state index contributed by atoms with van der Waals surface area (Å²) in [5.74, 6) is 0.626. The highest BCUT2D eigenvalue weighted by Crippen LogP contribution is 2.31. The van der Waals surface area contributed by atoms with Crippen LogP contribution in [-0.2, 0) is 0 Å². The van der Waals surface area contributed by atoms with Crippen molar-refractivity contribution in [3.63, 3.8) is 0 Å². The van der Waals surface area contributed by atoms with Crippen molar-refractivity contribution in [3.8, 4) is 17.2 Å². The van der Waals surface area contributed by atoms with E-state index in [-0.39, 0.29) is 11.6 Å². The summed E-state index contributed by atoms with van der Waals surface area (Å²) in [6, 6.07) is 9.97. The van der Waals surface area contributed by atoms with E-state index in [1.54, 1.807) is 6.07 Å². The minimum absolute atomic E-state index is 0.0662. The molecule has 2 aromatic carbocycles. The zero-order valence-corrected chi connectivity index (χ0v) is 8.91.